The number of carbonyl (C=O) groups is 1. The molecule has 0 N–H and O–H groups in total. The van der Waals surface area contributed by atoms with Gasteiger partial charge in [0, 0.05) is 31.5 Å². The number of amides is 1. The molecule has 5 nitrogen and oxygen atoms in total. The van der Waals surface area contributed by atoms with Crippen LogP contribution in [0.5, 0.6) is 0 Å². The summed E-state index contributed by atoms with van der Waals surface area (Å²) in [6.07, 6.45) is -1.46. The van der Waals surface area contributed by atoms with Crippen LogP contribution in [0.1, 0.15) is 18.5 Å². The first-order chi connectivity index (χ1) is 13.4. The van der Waals surface area contributed by atoms with Gasteiger partial charge in [0.25, 0.3) is 0 Å². The number of aromatic nitrogens is 1. The number of alkyl halides is 2. The number of halogens is 3. The number of hydrogen-bond donors (Lipinski definition) is 0. The number of piperidine rings is 1. The van der Waals surface area contributed by atoms with Gasteiger partial charge in [0.1, 0.15) is 5.82 Å². The van der Waals surface area contributed by atoms with Gasteiger partial charge in [-0.25, -0.2) is 4.39 Å². The lowest BCUT2D eigenvalue weighted by Crippen LogP contribution is -2.64. The molecule has 28 heavy (non-hydrogen) atoms. The normalized spacial score (nSPS) is 21.8. The fraction of sp³-hybridized carbons (Fsp3) is 0.400. The molecule has 0 atom stereocenters. The van der Waals surface area contributed by atoms with Gasteiger partial charge in [0.05, 0.1) is 17.8 Å². The summed E-state index contributed by atoms with van der Waals surface area (Å²) in [7, 11) is 0. The van der Waals surface area contributed by atoms with E-state index in [-0.39, 0.29) is 12.2 Å². The summed E-state index contributed by atoms with van der Waals surface area (Å²) in [4.78, 5) is 19.6. The largest absolute Gasteiger partial charge is 0.437 e. The minimum absolute atomic E-state index is 0.0183. The highest BCUT2D eigenvalue weighted by atomic mass is 19.3. The summed E-state index contributed by atoms with van der Waals surface area (Å²) >= 11 is 0. The van der Waals surface area contributed by atoms with Gasteiger partial charge in [-0.1, -0.05) is 6.07 Å². The van der Waals surface area contributed by atoms with Crippen LogP contribution in [0.3, 0.4) is 0 Å². The predicted molar refractivity (Wildman–Crippen MR) is 96.3 cm³/mol. The van der Waals surface area contributed by atoms with Crippen molar-refractivity contribution in [2.75, 3.05) is 24.5 Å². The molecule has 2 saturated heterocycles. The predicted octanol–water partition coefficient (Wildman–Crippen LogP) is 3.21. The zero-order valence-electron chi connectivity index (χ0n) is 15.2. The van der Waals surface area contributed by atoms with Crippen LogP contribution in [0.15, 0.2) is 48.7 Å². The third-order valence-corrected chi connectivity index (χ3v) is 5.30. The van der Waals surface area contributed by atoms with E-state index in [4.69, 9.17) is 4.74 Å². The van der Waals surface area contributed by atoms with Crippen LogP contribution < -0.4 is 4.90 Å². The third kappa shape index (κ3) is 3.74. The van der Waals surface area contributed by atoms with E-state index in [0.29, 0.717) is 32.5 Å². The van der Waals surface area contributed by atoms with Gasteiger partial charge in [0.2, 0.25) is 0 Å². The highest BCUT2D eigenvalue weighted by Gasteiger charge is 2.57. The van der Waals surface area contributed by atoms with Crippen molar-refractivity contribution < 1.29 is 22.7 Å². The molecule has 4 rings (SSSR count). The smallest absolute Gasteiger partial charge is 0.304 e. The first-order valence-electron chi connectivity index (χ1n) is 9.15. The number of benzene rings is 1. The number of nitrogens with zero attached hydrogens (tertiary/aromatic N) is 3. The molecule has 2 fully saturated rings. The number of anilines is 1. The maximum Gasteiger partial charge on any atom is 0.437 e. The van der Waals surface area contributed by atoms with Crippen molar-refractivity contribution in [3.8, 4) is 0 Å². The van der Waals surface area contributed by atoms with Crippen molar-refractivity contribution in [1.29, 1.82) is 0 Å². The number of carbonyl (C=O) groups excluding carboxylic acids is 1. The molecular formula is C20H20F3N3O2. The first-order valence-corrected chi connectivity index (χ1v) is 9.15. The average Bonchev–Trinajstić information content (AvgIpc) is 2.68. The Morgan fingerprint density at radius 3 is 2.43 bits per heavy atom. The van der Waals surface area contributed by atoms with E-state index in [1.807, 2.05) is 18.2 Å². The quantitative estimate of drug-likeness (QED) is 0.806. The Kier molecular flexibility index (Phi) is 4.84. The molecule has 1 spiro atoms. The Labute approximate surface area is 160 Å². The Morgan fingerprint density at radius 1 is 1.07 bits per heavy atom. The number of likely N-dealkylation sites (tertiary alicyclic amines) is 1. The van der Waals surface area contributed by atoms with Crippen molar-refractivity contribution in [3.63, 3.8) is 0 Å². The molecule has 0 saturated carbocycles. The molecule has 8 heteroatoms. The van der Waals surface area contributed by atoms with Crippen molar-refractivity contribution in [2.45, 2.75) is 31.1 Å². The Morgan fingerprint density at radius 2 is 1.79 bits per heavy atom. The van der Waals surface area contributed by atoms with E-state index in [2.05, 4.69) is 9.88 Å². The Hall–Kier alpha value is -2.45. The van der Waals surface area contributed by atoms with E-state index >= 15 is 0 Å². The standard InChI is InChI=1S/C20H20F3N3O2/c21-15-4-6-17(7-5-15)26-14-19(28-20(22,23)18(26)27)8-11-25(12-9-19)13-16-3-1-2-10-24-16/h1-7,10H,8-9,11-14H2. The topological polar surface area (TPSA) is 45.7 Å². The van der Waals surface area contributed by atoms with E-state index in [0.717, 1.165) is 22.7 Å². The zero-order valence-corrected chi connectivity index (χ0v) is 15.2. The second kappa shape index (κ2) is 7.18. The monoisotopic (exact) mass is 391 g/mol. The fourth-order valence-corrected chi connectivity index (χ4v) is 3.79. The molecule has 2 aromatic rings. The summed E-state index contributed by atoms with van der Waals surface area (Å²) in [5.41, 5.74) is 0.0213. The van der Waals surface area contributed by atoms with Gasteiger partial charge in [-0.05, 0) is 49.2 Å². The maximum absolute atomic E-state index is 14.4. The fourth-order valence-electron chi connectivity index (χ4n) is 3.79. The van der Waals surface area contributed by atoms with Crippen LogP contribution in [0, 0.1) is 5.82 Å². The molecule has 0 unspecified atom stereocenters. The van der Waals surface area contributed by atoms with Crippen LogP contribution in [-0.2, 0) is 16.1 Å². The Bertz CT molecular complexity index is 838. The van der Waals surface area contributed by atoms with Crippen LogP contribution in [0.25, 0.3) is 0 Å². The summed E-state index contributed by atoms with van der Waals surface area (Å²) in [5.74, 6) is -1.91. The summed E-state index contributed by atoms with van der Waals surface area (Å²) < 4.78 is 47.0. The highest BCUT2D eigenvalue weighted by Crippen LogP contribution is 2.40. The highest BCUT2D eigenvalue weighted by molar-refractivity contribution is 5.98. The van der Waals surface area contributed by atoms with Crippen molar-refractivity contribution in [3.05, 3.63) is 60.2 Å². The van der Waals surface area contributed by atoms with Gasteiger partial charge < -0.3 is 9.64 Å². The number of pyridine rings is 1. The average molecular weight is 391 g/mol. The van der Waals surface area contributed by atoms with Gasteiger partial charge in [-0.2, -0.15) is 8.78 Å². The molecule has 0 aliphatic carbocycles. The van der Waals surface area contributed by atoms with E-state index in [1.54, 1.807) is 6.20 Å². The SMILES string of the molecule is O=C1N(c2ccc(F)cc2)CC2(CCN(Cc3ccccn3)CC2)OC1(F)F. The zero-order chi connectivity index (χ0) is 19.8. The van der Waals surface area contributed by atoms with Gasteiger partial charge in [-0.3, -0.25) is 14.7 Å². The van der Waals surface area contributed by atoms with Crippen molar-refractivity contribution in [1.82, 2.24) is 9.88 Å². The number of morpholine rings is 1. The second-order valence-electron chi connectivity index (χ2n) is 7.27. The molecule has 1 amide bonds. The number of ether oxygens (including phenoxy) is 1. The van der Waals surface area contributed by atoms with E-state index in [1.165, 1.54) is 12.1 Å². The molecule has 0 radical (unpaired) electrons. The van der Waals surface area contributed by atoms with Gasteiger partial charge >= 0.3 is 12.0 Å². The molecule has 148 valence electrons. The molecule has 1 aromatic carbocycles. The minimum atomic E-state index is -3.91. The first kappa shape index (κ1) is 18.9. The third-order valence-electron chi connectivity index (χ3n) is 5.30. The summed E-state index contributed by atoms with van der Waals surface area (Å²) in [5, 5.41) is 0. The van der Waals surface area contributed by atoms with E-state index < -0.39 is 23.4 Å². The summed E-state index contributed by atoms with van der Waals surface area (Å²) in [6, 6.07) is 10.6. The molecule has 2 aliphatic heterocycles. The van der Waals surface area contributed by atoms with Crippen LogP contribution >= 0.6 is 0 Å². The van der Waals surface area contributed by atoms with E-state index in [9.17, 15) is 18.0 Å². The maximum atomic E-state index is 14.4. The minimum Gasteiger partial charge on any atom is -0.304 e. The molecule has 2 aliphatic rings. The lowest BCUT2D eigenvalue weighted by Gasteiger charge is -2.48. The molecule has 3 heterocycles. The van der Waals surface area contributed by atoms with Crippen molar-refractivity contribution >= 4 is 11.6 Å². The lowest BCUT2D eigenvalue weighted by atomic mass is 9.88. The molecule has 0 bridgehead atoms. The molecule has 1 aromatic heterocycles. The van der Waals surface area contributed by atoms with Crippen molar-refractivity contribution in [2.24, 2.45) is 0 Å². The van der Waals surface area contributed by atoms with Crippen LogP contribution in [-0.4, -0.2) is 47.1 Å². The number of hydrogen-bond acceptors (Lipinski definition) is 4. The number of rotatable bonds is 3. The Balaban J connectivity index is 1.50. The van der Waals surface area contributed by atoms with Crippen LogP contribution in [0.4, 0.5) is 18.9 Å². The van der Waals surface area contributed by atoms with Gasteiger partial charge in [0.15, 0.2) is 0 Å². The summed E-state index contributed by atoms with van der Waals surface area (Å²) in [6.45, 7) is 1.76. The second-order valence-corrected chi connectivity index (χ2v) is 7.27. The van der Waals surface area contributed by atoms with Gasteiger partial charge in [-0.15, -0.1) is 0 Å². The lowest BCUT2D eigenvalue weighted by molar-refractivity contribution is -0.293. The molecular weight excluding hydrogens is 371 g/mol. The van der Waals surface area contributed by atoms with Crippen LogP contribution in [0.2, 0.25) is 0 Å².